The Kier molecular flexibility index (Phi) is 2.90. The number of carbonyl (C=O) groups is 1. The largest absolute Gasteiger partial charge is 0.292 e. The maximum Gasteiger partial charge on any atom is 0.258 e. The van der Waals surface area contributed by atoms with Crippen LogP contribution < -0.4 is 11.3 Å². The minimum atomic E-state index is -0.448. The first kappa shape index (κ1) is 10.0. The molecule has 5 nitrogen and oxygen atoms in total. The molecule has 0 unspecified atom stereocenters. The Morgan fingerprint density at radius 3 is 2.85 bits per heavy atom. The fourth-order valence-corrected chi connectivity index (χ4v) is 1.04. The van der Waals surface area contributed by atoms with Crippen molar-refractivity contribution < 1.29 is 4.79 Å². The molecule has 1 aromatic heterocycles. The van der Waals surface area contributed by atoms with Crippen LogP contribution in [0.5, 0.6) is 0 Å². The van der Waals surface area contributed by atoms with Gasteiger partial charge in [0.25, 0.3) is 5.91 Å². The van der Waals surface area contributed by atoms with Crippen LogP contribution in [0.1, 0.15) is 18.7 Å². The number of carbonyl (C=O) groups excluding carboxylic acids is 1. The highest BCUT2D eigenvalue weighted by Crippen LogP contribution is 2.15. The van der Waals surface area contributed by atoms with Gasteiger partial charge in [0.2, 0.25) is 0 Å². The number of rotatable bonds is 2. The standard InChI is InChI=1S/C7H11ClN4O/c1-4-6(8)3-12(11-4)5(2)7(13)10-9/h3,5H,9H2,1-2H3,(H,10,13)/t5-/m0/s1. The molecule has 0 saturated carbocycles. The van der Waals surface area contributed by atoms with Crippen LogP contribution in [0.4, 0.5) is 0 Å². The predicted molar refractivity (Wildman–Crippen MR) is 49.0 cm³/mol. The van der Waals surface area contributed by atoms with Crippen molar-refractivity contribution in [3.8, 4) is 0 Å². The smallest absolute Gasteiger partial charge is 0.258 e. The molecule has 1 heterocycles. The molecule has 0 aliphatic rings. The van der Waals surface area contributed by atoms with Crippen molar-refractivity contribution in [2.45, 2.75) is 19.9 Å². The van der Waals surface area contributed by atoms with Crippen LogP contribution in [0.2, 0.25) is 5.02 Å². The number of hydrazine groups is 1. The van der Waals surface area contributed by atoms with Gasteiger partial charge in [-0.1, -0.05) is 11.6 Å². The van der Waals surface area contributed by atoms with Crippen LogP contribution in [0.15, 0.2) is 6.20 Å². The number of halogens is 1. The Labute approximate surface area is 80.8 Å². The van der Waals surface area contributed by atoms with Crippen LogP contribution in [0, 0.1) is 6.92 Å². The van der Waals surface area contributed by atoms with Crippen molar-refractivity contribution in [2.24, 2.45) is 5.84 Å². The third-order valence-electron chi connectivity index (χ3n) is 1.78. The second-order valence-electron chi connectivity index (χ2n) is 2.73. The molecule has 1 aromatic rings. The Morgan fingerprint density at radius 1 is 1.85 bits per heavy atom. The van der Waals surface area contributed by atoms with E-state index in [1.165, 1.54) is 4.68 Å². The van der Waals surface area contributed by atoms with Gasteiger partial charge in [-0.25, -0.2) is 5.84 Å². The van der Waals surface area contributed by atoms with Crippen molar-refractivity contribution in [3.05, 3.63) is 16.9 Å². The number of hydrogen-bond acceptors (Lipinski definition) is 3. The molecule has 0 bridgehead atoms. The number of amides is 1. The van der Waals surface area contributed by atoms with Crippen LogP contribution >= 0.6 is 11.6 Å². The van der Waals surface area contributed by atoms with Crippen molar-refractivity contribution in [3.63, 3.8) is 0 Å². The summed E-state index contributed by atoms with van der Waals surface area (Å²) in [6, 6.07) is -0.448. The van der Waals surface area contributed by atoms with Crippen molar-refractivity contribution >= 4 is 17.5 Å². The van der Waals surface area contributed by atoms with Crippen LogP contribution in [-0.4, -0.2) is 15.7 Å². The minimum absolute atomic E-state index is 0.306. The summed E-state index contributed by atoms with van der Waals surface area (Å²) in [5.74, 6) is 4.68. The highest BCUT2D eigenvalue weighted by atomic mass is 35.5. The van der Waals surface area contributed by atoms with Gasteiger partial charge in [0.05, 0.1) is 10.7 Å². The van der Waals surface area contributed by atoms with E-state index in [9.17, 15) is 4.79 Å². The Balaban J connectivity index is 2.89. The molecule has 0 aromatic carbocycles. The summed E-state index contributed by atoms with van der Waals surface area (Å²) in [4.78, 5) is 11.1. The fourth-order valence-electron chi connectivity index (χ4n) is 0.899. The molecule has 13 heavy (non-hydrogen) atoms. The first-order chi connectivity index (χ1) is 6.06. The lowest BCUT2D eigenvalue weighted by Crippen LogP contribution is -2.36. The lowest BCUT2D eigenvalue weighted by Gasteiger charge is -2.09. The summed E-state index contributed by atoms with van der Waals surface area (Å²) in [6.45, 7) is 3.46. The van der Waals surface area contributed by atoms with Crippen LogP contribution in [-0.2, 0) is 4.79 Å². The molecule has 72 valence electrons. The van der Waals surface area contributed by atoms with Crippen molar-refractivity contribution in [1.29, 1.82) is 0 Å². The number of nitrogens with zero attached hydrogens (tertiary/aromatic N) is 2. The first-order valence-electron chi connectivity index (χ1n) is 3.78. The average Bonchev–Trinajstić information content (AvgIpc) is 2.44. The van der Waals surface area contributed by atoms with Crippen molar-refractivity contribution in [2.75, 3.05) is 0 Å². The van der Waals surface area contributed by atoms with E-state index in [0.29, 0.717) is 10.7 Å². The topological polar surface area (TPSA) is 72.9 Å². The van der Waals surface area contributed by atoms with Gasteiger partial charge in [-0.05, 0) is 13.8 Å². The lowest BCUT2D eigenvalue weighted by atomic mass is 10.3. The van der Waals surface area contributed by atoms with E-state index in [4.69, 9.17) is 17.4 Å². The molecule has 3 N–H and O–H groups in total. The Hall–Kier alpha value is -1.07. The quantitative estimate of drug-likeness (QED) is 0.414. The monoisotopic (exact) mass is 202 g/mol. The maximum absolute atomic E-state index is 11.1. The fraction of sp³-hybridized carbons (Fsp3) is 0.429. The van der Waals surface area contributed by atoms with Gasteiger partial charge < -0.3 is 0 Å². The zero-order valence-electron chi connectivity index (χ0n) is 7.41. The molecule has 6 heteroatoms. The highest BCUT2D eigenvalue weighted by molar-refractivity contribution is 6.31. The zero-order chi connectivity index (χ0) is 10.0. The molecule has 0 radical (unpaired) electrons. The van der Waals surface area contributed by atoms with E-state index in [-0.39, 0.29) is 5.91 Å². The molecular weight excluding hydrogens is 192 g/mol. The van der Waals surface area contributed by atoms with E-state index in [0.717, 1.165) is 0 Å². The Morgan fingerprint density at radius 2 is 2.46 bits per heavy atom. The minimum Gasteiger partial charge on any atom is -0.292 e. The third kappa shape index (κ3) is 1.99. The average molecular weight is 203 g/mol. The van der Waals surface area contributed by atoms with Crippen LogP contribution in [0.25, 0.3) is 0 Å². The van der Waals surface area contributed by atoms with Gasteiger partial charge in [0, 0.05) is 6.20 Å². The summed E-state index contributed by atoms with van der Waals surface area (Å²) in [5.41, 5.74) is 2.74. The molecule has 1 atom stereocenters. The SMILES string of the molecule is Cc1nn([C@@H](C)C(=O)NN)cc1Cl. The molecule has 1 amide bonds. The van der Waals surface area contributed by atoms with Crippen molar-refractivity contribution in [1.82, 2.24) is 15.2 Å². The molecule has 0 fully saturated rings. The van der Waals surface area contributed by atoms with E-state index < -0.39 is 6.04 Å². The molecule has 1 rings (SSSR count). The maximum atomic E-state index is 11.1. The van der Waals surface area contributed by atoms with E-state index in [1.54, 1.807) is 20.0 Å². The predicted octanol–water partition coefficient (Wildman–Crippen LogP) is 0.396. The van der Waals surface area contributed by atoms with Gasteiger partial charge >= 0.3 is 0 Å². The Bertz CT molecular complexity index is 303. The van der Waals surface area contributed by atoms with Gasteiger partial charge in [-0.3, -0.25) is 14.9 Å². The summed E-state index contributed by atoms with van der Waals surface area (Å²) < 4.78 is 1.47. The summed E-state index contributed by atoms with van der Waals surface area (Å²) >= 11 is 5.78. The number of aryl methyl sites for hydroxylation is 1. The van der Waals surface area contributed by atoms with Gasteiger partial charge in [-0.2, -0.15) is 5.10 Å². The molecule has 0 saturated heterocycles. The molecule has 0 aliphatic heterocycles. The number of nitrogens with two attached hydrogens (primary N) is 1. The van der Waals surface area contributed by atoms with E-state index in [1.807, 2.05) is 5.43 Å². The second-order valence-corrected chi connectivity index (χ2v) is 3.13. The van der Waals surface area contributed by atoms with E-state index in [2.05, 4.69) is 5.10 Å². The molecule has 0 spiro atoms. The van der Waals surface area contributed by atoms with Gasteiger partial charge in [-0.15, -0.1) is 0 Å². The van der Waals surface area contributed by atoms with Crippen LogP contribution in [0.3, 0.4) is 0 Å². The first-order valence-corrected chi connectivity index (χ1v) is 4.15. The second kappa shape index (κ2) is 3.76. The zero-order valence-corrected chi connectivity index (χ0v) is 8.17. The summed E-state index contributed by atoms with van der Waals surface area (Å²) in [5, 5.41) is 4.59. The van der Waals surface area contributed by atoms with Gasteiger partial charge in [0.1, 0.15) is 6.04 Å². The van der Waals surface area contributed by atoms with Gasteiger partial charge in [0.15, 0.2) is 0 Å². The summed E-state index contributed by atoms with van der Waals surface area (Å²) in [7, 11) is 0. The molecule has 0 aliphatic carbocycles. The number of nitrogens with one attached hydrogen (secondary N) is 1. The number of aromatic nitrogens is 2. The molecular formula is C7H11ClN4O. The normalized spacial score (nSPS) is 12.6. The number of hydrogen-bond donors (Lipinski definition) is 2. The van der Waals surface area contributed by atoms with E-state index >= 15 is 0 Å². The third-order valence-corrected chi connectivity index (χ3v) is 2.15. The summed E-state index contributed by atoms with van der Waals surface area (Å²) in [6.07, 6.45) is 1.59. The lowest BCUT2D eigenvalue weighted by molar-refractivity contribution is -0.124. The highest BCUT2D eigenvalue weighted by Gasteiger charge is 2.15.